The van der Waals surface area contributed by atoms with Crippen LogP contribution in [0.3, 0.4) is 0 Å². The zero-order chi connectivity index (χ0) is 26.2. The average Bonchev–Trinajstić information content (AvgIpc) is 3.22. The van der Waals surface area contributed by atoms with Gasteiger partial charge in [-0.15, -0.1) is 0 Å². The van der Waals surface area contributed by atoms with Gasteiger partial charge in [0.2, 0.25) is 0 Å². The van der Waals surface area contributed by atoms with Gasteiger partial charge >= 0.3 is 6.18 Å². The minimum atomic E-state index is -4.67. The third kappa shape index (κ3) is 5.18. The molecule has 36 heavy (non-hydrogen) atoms. The Labute approximate surface area is 207 Å². The molecule has 1 N–H and O–H groups in total. The van der Waals surface area contributed by atoms with Crippen LogP contribution in [0.2, 0.25) is 5.02 Å². The van der Waals surface area contributed by atoms with E-state index in [4.69, 9.17) is 11.6 Å². The maximum Gasteiger partial charge on any atom is 0.435 e. The van der Waals surface area contributed by atoms with Gasteiger partial charge in [0, 0.05) is 35.0 Å². The van der Waals surface area contributed by atoms with Gasteiger partial charge in [0.05, 0.1) is 12.2 Å². The highest BCUT2D eigenvalue weighted by Gasteiger charge is 2.35. The summed E-state index contributed by atoms with van der Waals surface area (Å²) in [4.78, 5) is 14.5. The third-order valence-electron chi connectivity index (χ3n) is 5.40. The second kappa shape index (κ2) is 9.62. The van der Waals surface area contributed by atoms with Crippen LogP contribution in [0, 0.1) is 11.6 Å². The molecule has 1 amide bonds. The van der Waals surface area contributed by atoms with Crippen molar-refractivity contribution in [2.45, 2.75) is 12.7 Å². The van der Waals surface area contributed by atoms with E-state index in [2.05, 4.69) is 5.10 Å². The maximum absolute atomic E-state index is 13.8. The number of aryl methyl sites for hydroxylation is 1. The molecule has 1 aromatic heterocycles. The smallest absolute Gasteiger partial charge is 0.435 e. The number of alkyl halides is 3. The summed E-state index contributed by atoms with van der Waals surface area (Å²) in [5, 5.41) is 14.6. The topological polar surface area (TPSA) is 58.4 Å². The average molecular weight is 522 g/mol. The lowest BCUT2D eigenvalue weighted by atomic mass is 10.1. The van der Waals surface area contributed by atoms with Crippen molar-refractivity contribution in [3.05, 3.63) is 100 Å². The van der Waals surface area contributed by atoms with Crippen LogP contribution in [0.4, 0.5) is 27.6 Å². The number of halogens is 6. The molecule has 0 unspecified atom stereocenters. The van der Waals surface area contributed by atoms with Crippen molar-refractivity contribution in [1.82, 2.24) is 9.78 Å². The largest absolute Gasteiger partial charge is 0.507 e. The molecule has 0 saturated heterocycles. The first-order chi connectivity index (χ1) is 16.9. The van der Waals surface area contributed by atoms with E-state index in [0.29, 0.717) is 10.6 Å². The first-order valence-electron chi connectivity index (χ1n) is 10.4. The van der Waals surface area contributed by atoms with Crippen molar-refractivity contribution >= 4 is 23.2 Å². The molecule has 0 aliphatic rings. The summed E-state index contributed by atoms with van der Waals surface area (Å²) in [7, 11) is 1.30. The van der Waals surface area contributed by atoms with E-state index in [0.717, 1.165) is 28.9 Å². The van der Waals surface area contributed by atoms with Crippen LogP contribution in [0.15, 0.2) is 66.7 Å². The van der Waals surface area contributed by atoms with Gasteiger partial charge in [-0.25, -0.2) is 8.78 Å². The van der Waals surface area contributed by atoms with Gasteiger partial charge in [-0.05, 0) is 54.1 Å². The first-order valence-corrected chi connectivity index (χ1v) is 10.8. The van der Waals surface area contributed by atoms with E-state index in [1.807, 2.05) is 0 Å². The van der Waals surface area contributed by atoms with Crippen LogP contribution in [0.5, 0.6) is 5.75 Å². The molecule has 186 valence electrons. The number of amides is 1. The van der Waals surface area contributed by atoms with Gasteiger partial charge < -0.3 is 10.0 Å². The Balaban J connectivity index is 1.75. The number of rotatable bonds is 5. The third-order valence-corrected chi connectivity index (χ3v) is 5.66. The Bertz CT molecular complexity index is 1430. The van der Waals surface area contributed by atoms with E-state index >= 15 is 0 Å². The van der Waals surface area contributed by atoms with E-state index in [1.165, 1.54) is 30.1 Å². The number of aromatic nitrogens is 2. The van der Waals surface area contributed by atoms with Crippen molar-refractivity contribution in [2.75, 3.05) is 4.90 Å². The summed E-state index contributed by atoms with van der Waals surface area (Å²) in [6.45, 7) is -0.0300. The highest BCUT2D eigenvalue weighted by molar-refractivity contribution is 6.30. The molecule has 0 atom stereocenters. The number of nitrogens with zero attached hydrogens (tertiary/aromatic N) is 3. The predicted octanol–water partition coefficient (Wildman–Crippen LogP) is 6.59. The first kappa shape index (κ1) is 25.2. The SMILES string of the molecule is Cn1nc(C(F)(F)F)cc1-c1ccc(N(Cc2ccc(Cl)cc2)C(=O)c2ccc(F)c(F)c2)cc1O. The lowest BCUT2D eigenvalue weighted by molar-refractivity contribution is -0.141. The van der Waals surface area contributed by atoms with Crippen LogP contribution in [-0.4, -0.2) is 20.8 Å². The number of hydrogen-bond donors (Lipinski definition) is 1. The van der Waals surface area contributed by atoms with Crippen LogP contribution in [-0.2, 0) is 19.8 Å². The van der Waals surface area contributed by atoms with Crippen molar-refractivity contribution in [3.63, 3.8) is 0 Å². The number of phenols is 1. The van der Waals surface area contributed by atoms with Gasteiger partial charge in [-0.2, -0.15) is 18.3 Å². The summed E-state index contributed by atoms with van der Waals surface area (Å²) < 4.78 is 67.4. The van der Waals surface area contributed by atoms with E-state index in [9.17, 15) is 31.9 Å². The Morgan fingerprint density at radius 2 is 1.69 bits per heavy atom. The van der Waals surface area contributed by atoms with Gasteiger partial charge in [0.1, 0.15) is 5.75 Å². The number of phenolic OH excluding ortho intramolecular Hbond substituents is 1. The molecule has 11 heteroatoms. The molecule has 0 radical (unpaired) electrons. The molecular weight excluding hydrogens is 505 g/mol. The van der Waals surface area contributed by atoms with Crippen molar-refractivity contribution < 1.29 is 31.9 Å². The Morgan fingerprint density at radius 1 is 1.00 bits per heavy atom. The standard InChI is InChI=1S/C25H17ClF5N3O2/c1-33-21(12-23(32-33)25(29,30)31)18-8-7-17(11-22(18)35)34(13-14-2-5-16(26)6-3-14)24(36)15-4-9-19(27)20(28)10-15/h2-12,35H,13H2,1H3. The molecule has 0 spiro atoms. The van der Waals surface area contributed by atoms with E-state index in [-0.39, 0.29) is 29.1 Å². The highest BCUT2D eigenvalue weighted by Crippen LogP contribution is 2.37. The molecule has 0 aliphatic carbocycles. The number of anilines is 1. The number of hydrogen-bond acceptors (Lipinski definition) is 3. The van der Waals surface area contributed by atoms with E-state index in [1.54, 1.807) is 24.3 Å². The van der Waals surface area contributed by atoms with Gasteiger partial charge in [-0.3, -0.25) is 9.48 Å². The Morgan fingerprint density at radius 3 is 2.28 bits per heavy atom. The summed E-state index contributed by atoms with van der Waals surface area (Å²) in [6.07, 6.45) is -4.67. The minimum absolute atomic E-state index is 0.00237. The minimum Gasteiger partial charge on any atom is -0.507 e. The summed E-state index contributed by atoms with van der Waals surface area (Å²) in [5.41, 5.74) is -0.410. The van der Waals surface area contributed by atoms with Crippen LogP contribution in [0.1, 0.15) is 21.6 Å². The lowest BCUT2D eigenvalue weighted by Crippen LogP contribution is -2.30. The zero-order valence-corrected chi connectivity index (χ0v) is 19.3. The quantitative estimate of drug-likeness (QED) is 0.301. The second-order valence-corrected chi connectivity index (χ2v) is 8.32. The lowest BCUT2D eigenvalue weighted by Gasteiger charge is -2.24. The number of benzene rings is 3. The van der Waals surface area contributed by atoms with Gasteiger partial charge in [0.25, 0.3) is 5.91 Å². The zero-order valence-electron chi connectivity index (χ0n) is 18.5. The molecule has 3 aromatic carbocycles. The molecular formula is C25H17ClF5N3O2. The van der Waals surface area contributed by atoms with Crippen LogP contribution < -0.4 is 4.90 Å². The van der Waals surface area contributed by atoms with Crippen molar-refractivity contribution in [2.24, 2.45) is 7.05 Å². The van der Waals surface area contributed by atoms with Crippen molar-refractivity contribution in [3.8, 4) is 17.0 Å². The Hall–Kier alpha value is -3.92. The summed E-state index contributed by atoms with van der Waals surface area (Å²) in [6, 6.07) is 14.0. The Kier molecular flexibility index (Phi) is 6.73. The fourth-order valence-electron chi connectivity index (χ4n) is 3.60. The molecule has 0 saturated carbocycles. The van der Waals surface area contributed by atoms with Gasteiger partial charge in [0.15, 0.2) is 17.3 Å². The van der Waals surface area contributed by atoms with Crippen LogP contribution in [0.25, 0.3) is 11.3 Å². The van der Waals surface area contributed by atoms with Gasteiger partial charge in [-0.1, -0.05) is 23.7 Å². The summed E-state index contributed by atoms with van der Waals surface area (Å²) >= 11 is 5.93. The normalized spacial score (nSPS) is 11.5. The molecule has 4 rings (SSSR count). The molecule has 1 heterocycles. The highest BCUT2D eigenvalue weighted by atomic mass is 35.5. The van der Waals surface area contributed by atoms with E-state index < -0.39 is 35.2 Å². The molecule has 0 fully saturated rings. The monoisotopic (exact) mass is 521 g/mol. The second-order valence-electron chi connectivity index (χ2n) is 7.88. The molecule has 5 nitrogen and oxygen atoms in total. The predicted molar refractivity (Wildman–Crippen MR) is 124 cm³/mol. The molecule has 0 bridgehead atoms. The fraction of sp³-hybridized carbons (Fsp3) is 0.120. The molecule has 4 aromatic rings. The fourth-order valence-corrected chi connectivity index (χ4v) is 3.73. The number of carbonyl (C=O) groups is 1. The maximum atomic E-state index is 13.8. The number of carbonyl (C=O) groups excluding carboxylic acids is 1. The number of aromatic hydroxyl groups is 1. The van der Waals surface area contributed by atoms with Crippen LogP contribution >= 0.6 is 11.6 Å². The molecule has 0 aliphatic heterocycles. The summed E-state index contributed by atoms with van der Waals surface area (Å²) in [5.74, 6) is -3.44. The van der Waals surface area contributed by atoms with Crippen molar-refractivity contribution in [1.29, 1.82) is 0 Å².